The molecule has 8 heavy (non-hydrogen) atoms. The van der Waals surface area contributed by atoms with Crippen LogP contribution in [0, 0.1) is 0 Å². The molecule has 0 aliphatic carbocycles. The van der Waals surface area contributed by atoms with Gasteiger partial charge >= 0.3 is 5.30 Å². The summed E-state index contributed by atoms with van der Waals surface area (Å²) in [4.78, 5) is 9.91. The second-order valence-electron chi connectivity index (χ2n) is 1.16. The van der Waals surface area contributed by atoms with Gasteiger partial charge in [0.1, 0.15) is 0 Å². The summed E-state index contributed by atoms with van der Waals surface area (Å²) in [6.45, 7) is 1.95. The number of ether oxygens (including phenoxy) is 1. The highest BCUT2D eigenvalue weighted by Crippen LogP contribution is 1.87. The summed E-state index contributed by atoms with van der Waals surface area (Å²) in [5.41, 5.74) is 0. The third-order valence-corrected chi connectivity index (χ3v) is 0.606. The van der Waals surface area contributed by atoms with Crippen LogP contribution in [-0.4, -0.2) is 5.30 Å². The molecule has 0 fully saturated rings. The molecular formula is C5H8O2S. The first-order valence-electron chi connectivity index (χ1n) is 2.32. The van der Waals surface area contributed by atoms with Crippen LogP contribution in [0.4, 0.5) is 4.79 Å². The van der Waals surface area contributed by atoms with Crippen molar-refractivity contribution in [3.05, 3.63) is 12.3 Å². The van der Waals surface area contributed by atoms with Crippen molar-refractivity contribution in [1.29, 1.82) is 0 Å². The van der Waals surface area contributed by atoms with Crippen LogP contribution in [0.2, 0.25) is 0 Å². The predicted molar refractivity (Wildman–Crippen MR) is 34.9 cm³/mol. The summed E-state index contributed by atoms with van der Waals surface area (Å²) in [5, 5.41) is -0.574. The second-order valence-corrected chi connectivity index (χ2v) is 1.53. The number of hydrogen-bond acceptors (Lipinski definition) is 2. The number of carbonyl (C=O) groups is 1. The van der Waals surface area contributed by atoms with E-state index in [0.717, 1.165) is 6.42 Å². The van der Waals surface area contributed by atoms with Crippen LogP contribution in [0.25, 0.3) is 0 Å². The fourth-order valence-electron chi connectivity index (χ4n) is 0.203. The van der Waals surface area contributed by atoms with Gasteiger partial charge < -0.3 is 4.74 Å². The van der Waals surface area contributed by atoms with E-state index in [1.807, 2.05) is 6.92 Å². The van der Waals surface area contributed by atoms with Crippen molar-refractivity contribution in [3.8, 4) is 0 Å². The summed E-state index contributed by atoms with van der Waals surface area (Å²) in [7, 11) is 0. The minimum absolute atomic E-state index is 0.574. The van der Waals surface area contributed by atoms with E-state index in [1.165, 1.54) is 6.26 Å². The lowest BCUT2D eigenvalue weighted by atomic mass is 10.5. The summed E-state index contributed by atoms with van der Waals surface area (Å²) >= 11 is 3.36. The third-order valence-electron chi connectivity index (χ3n) is 0.501. The molecule has 0 aromatic heterocycles. The second kappa shape index (κ2) is 4.71. The van der Waals surface area contributed by atoms with Gasteiger partial charge in [0.05, 0.1) is 6.26 Å². The van der Waals surface area contributed by atoms with Crippen molar-refractivity contribution in [2.24, 2.45) is 0 Å². The molecular weight excluding hydrogens is 124 g/mol. The molecule has 0 aromatic carbocycles. The molecule has 3 heteroatoms. The summed E-state index contributed by atoms with van der Waals surface area (Å²) in [5.74, 6) is 0. The van der Waals surface area contributed by atoms with Crippen molar-refractivity contribution in [2.45, 2.75) is 13.3 Å². The molecule has 0 saturated carbocycles. The topological polar surface area (TPSA) is 26.3 Å². The Bertz CT molecular complexity index is 98.6. The maximum Gasteiger partial charge on any atom is 0.369 e. The molecule has 0 spiro atoms. The highest BCUT2D eigenvalue weighted by Gasteiger charge is 1.83. The van der Waals surface area contributed by atoms with Crippen molar-refractivity contribution in [1.82, 2.24) is 0 Å². The molecule has 2 nitrogen and oxygen atoms in total. The van der Waals surface area contributed by atoms with Gasteiger partial charge in [-0.2, -0.15) is 0 Å². The predicted octanol–water partition coefficient (Wildman–Crippen LogP) is 1.98. The van der Waals surface area contributed by atoms with Crippen LogP contribution in [0.5, 0.6) is 0 Å². The molecule has 0 radical (unpaired) electrons. The molecule has 0 amide bonds. The Labute approximate surface area is 53.9 Å². The maximum atomic E-state index is 9.91. The quantitative estimate of drug-likeness (QED) is 0.353. The molecule has 0 aromatic rings. The van der Waals surface area contributed by atoms with Crippen molar-refractivity contribution in [3.63, 3.8) is 0 Å². The number of allylic oxidation sites excluding steroid dienone is 1. The zero-order valence-corrected chi connectivity index (χ0v) is 5.52. The van der Waals surface area contributed by atoms with Crippen molar-refractivity contribution < 1.29 is 9.53 Å². The van der Waals surface area contributed by atoms with Gasteiger partial charge in [-0.1, -0.05) is 19.6 Å². The van der Waals surface area contributed by atoms with Crippen LogP contribution in [0.3, 0.4) is 0 Å². The monoisotopic (exact) mass is 132 g/mol. The lowest BCUT2D eigenvalue weighted by molar-refractivity contribution is 0.214. The summed E-state index contributed by atoms with van der Waals surface area (Å²) in [6, 6.07) is 0. The molecule has 0 N–H and O–H groups in total. The number of carbonyl (C=O) groups excluding carboxylic acids is 1. The van der Waals surface area contributed by atoms with Crippen molar-refractivity contribution in [2.75, 3.05) is 0 Å². The van der Waals surface area contributed by atoms with Gasteiger partial charge in [-0.25, -0.2) is 4.79 Å². The molecule has 0 bridgehead atoms. The minimum Gasteiger partial charge on any atom is -0.427 e. The van der Waals surface area contributed by atoms with Crippen molar-refractivity contribution >= 4 is 17.9 Å². The summed E-state index contributed by atoms with van der Waals surface area (Å²) < 4.78 is 4.33. The molecule has 0 atom stereocenters. The van der Waals surface area contributed by atoms with Gasteiger partial charge in [0, 0.05) is 0 Å². The van der Waals surface area contributed by atoms with E-state index < -0.39 is 5.30 Å². The zero-order valence-electron chi connectivity index (χ0n) is 4.63. The largest absolute Gasteiger partial charge is 0.427 e. The lowest BCUT2D eigenvalue weighted by Crippen LogP contribution is -1.81. The molecule has 46 valence electrons. The average molecular weight is 132 g/mol. The van der Waals surface area contributed by atoms with Crippen LogP contribution >= 0.6 is 12.6 Å². The SMILES string of the molecule is CC/C=C/OC(=O)S. The molecule has 0 saturated heterocycles. The molecule has 0 aliphatic rings. The first-order valence-corrected chi connectivity index (χ1v) is 2.76. The number of hydrogen-bond donors (Lipinski definition) is 1. The van der Waals surface area contributed by atoms with E-state index in [2.05, 4.69) is 17.4 Å². The first kappa shape index (κ1) is 7.56. The number of thiol groups is 1. The average Bonchev–Trinajstić information content (AvgIpc) is 1.66. The lowest BCUT2D eigenvalue weighted by Gasteiger charge is -1.85. The smallest absolute Gasteiger partial charge is 0.369 e. The minimum atomic E-state index is -0.574. The molecule has 0 heterocycles. The Morgan fingerprint density at radius 2 is 2.50 bits per heavy atom. The van der Waals surface area contributed by atoms with E-state index >= 15 is 0 Å². The molecule has 0 unspecified atom stereocenters. The third kappa shape index (κ3) is 5.56. The normalized spacial score (nSPS) is 9.75. The highest BCUT2D eigenvalue weighted by atomic mass is 32.1. The van der Waals surface area contributed by atoms with E-state index in [4.69, 9.17) is 0 Å². The summed E-state index contributed by atoms with van der Waals surface area (Å²) in [6.07, 6.45) is 3.92. The van der Waals surface area contributed by atoms with E-state index in [9.17, 15) is 4.79 Å². The van der Waals surface area contributed by atoms with Gasteiger partial charge in [0.2, 0.25) is 0 Å². The maximum absolute atomic E-state index is 9.91. The van der Waals surface area contributed by atoms with Crippen LogP contribution in [-0.2, 0) is 4.74 Å². The highest BCUT2D eigenvalue weighted by molar-refractivity contribution is 7.96. The molecule has 0 aliphatic heterocycles. The van der Waals surface area contributed by atoms with Gasteiger partial charge in [-0.3, -0.25) is 0 Å². The Balaban J connectivity index is 3.16. The van der Waals surface area contributed by atoms with Gasteiger partial charge in [-0.15, -0.1) is 0 Å². The Morgan fingerprint density at radius 1 is 1.88 bits per heavy atom. The van der Waals surface area contributed by atoms with Crippen LogP contribution < -0.4 is 0 Å². The zero-order chi connectivity index (χ0) is 6.41. The van der Waals surface area contributed by atoms with Gasteiger partial charge in [0.15, 0.2) is 0 Å². The first-order chi connectivity index (χ1) is 3.77. The Hall–Kier alpha value is -0.440. The van der Waals surface area contributed by atoms with E-state index in [-0.39, 0.29) is 0 Å². The van der Waals surface area contributed by atoms with Crippen LogP contribution in [0.1, 0.15) is 13.3 Å². The van der Waals surface area contributed by atoms with Crippen LogP contribution in [0.15, 0.2) is 12.3 Å². The number of rotatable bonds is 2. The van der Waals surface area contributed by atoms with E-state index in [0.29, 0.717) is 0 Å². The van der Waals surface area contributed by atoms with Gasteiger partial charge in [0.25, 0.3) is 0 Å². The standard InChI is InChI=1S/C5H8O2S/c1-2-3-4-7-5(6)8/h3-4H,2H2,1H3,(H,6,8)/b4-3+. The fourth-order valence-corrected chi connectivity index (χ4v) is 0.263. The Kier molecular flexibility index (Phi) is 4.45. The van der Waals surface area contributed by atoms with Gasteiger partial charge in [-0.05, 0) is 12.5 Å². The Morgan fingerprint density at radius 3 is 2.88 bits per heavy atom. The molecule has 0 rings (SSSR count). The fraction of sp³-hybridized carbons (Fsp3) is 0.400. The van der Waals surface area contributed by atoms with E-state index in [1.54, 1.807) is 6.08 Å².